The normalized spacial score (nSPS) is 11.1. The summed E-state index contributed by atoms with van der Waals surface area (Å²) in [6.07, 6.45) is 2.73. The number of hydrogen-bond donors (Lipinski definition) is 0. The van der Waals surface area contributed by atoms with Crippen molar-refractivity contribution in [1.82, 2.24) is 0 Å². The Morgan fingerprint density at radius 1 is 1.67 bits per heavy atom. The highest BCUT2D eigenvalue weighted by atomic mass is 32.2. The summed E-state index contributed by atoms with van der Waals surface area (Å²) in [5, 5.41) is 1.79. The maximum absolute atomic E-state index is 10.2. The van der Waals surface area contributed by atoms with Crippen LogP contribution in [0, 0.1) is 0 Å². The minimum absolute atomic E-state index is 0.683. The molecular formula is C7H10OS. The van der Waals surface area contributed by atoms with Gasteiger partial charge in [-0.2, -0.15) is 0 Å². The van der Waals surface area contributed by atoms with Crippen molar-refractivity contribution < 1.29 is 4.79 Å². The van der Waals surface area contributed by atoms with Gasteiger partial charge in [0.1, 0.15) is 0 Å². The van der Waals surface area contributed by atoms with Crippen LogP contribution in [0.4, 0.5) is 0 Å². The average molecular weight is 142 g/mol. The number of carbonyl (C=O) groups is 1. The molecule has 1 nitrogen and oxygen atoms in total. The average Bonchev–Trinajstić information content (AvgIpc) is 1.82. The standard InChI is InChI=1S/C7H10OS/c1-6(2)7(4-8)5-9-3/h4-5H,1H2,2-3H3/b7-5-. The van der Waals surface area contributed by atoms with E-state index in [4.69, 9.17) is 0 Å². The van der Waals surface area contributed by atoms with Crippen molar-refractivity contribution in [2.24, 2.45) is 0 Å². The number of hydrogen-bond acceptors (Lipinski definition) is 2. The van der Waals surface area contributed by atoms with E-state index in [2.05, 4.69) is 6.58 Å². The van der Waals surface area contributed by atoms with Gasteiger partial charge in [-0.3, -0.25) is 4.79 Å². The van der Waals surface area contributed by atoms with Crippen LogP contribution in [0.15, 0.2) is 23.1 Å². The Labute approximate surface area is 59.8 Å². The lowest BCUT2D eigenvalue weighted by Gasteiger charge is -1.92. The third-order valence-electron chi connectivity index (χ3n) is 0.865. The Kier molecular flexibility index (Phi) is 4.14. The predicted molar refractivity (Wildman–Crippen MR) is 42.5 cm³/mol. The third kappa shape index (κ3) is 3.14. The highest BCUT2D eigenvalue weighted by Gasteiger charge is 1.91. The summed E-state index contributed by atoms with van der Waals surface area (Å²) in [5.41, 5.74) is 1.50. The third-order valence-corrected chi connectivity index (χ3v) is 1.35. The number of rotatable bonds is 3. The van der Waals surface area contributed by atoms with E-state index in [0.717, 1.165) is 11.9 Å². The predicted octanol–water partition coefficient (Wildman–Crippen LogP) is 2.01. The first-order valence-electron chi connectivity index (χ1n) is 2.56. The van der Waals surface area contributed by atoms with Crippen molar-refractivity contribution >= 4 is 18.0 Å². The number of thioether (sulfide) groups is 1. The van der Waals surface area contributed by atoms with Crippen molar-refractivity contribution in [2.45, 2.75) is 6.92 Å². The monoisotopic (exact) mass is 142 g/mol. The summed E-state index contributed by atoms with van der Waals surface area (Å²) in [5.74, 6) is 0. The van der Waals surface area contributed by atoms with Crippen LogP contribution in [0.3, 0.4) is 0 Å². The minimum atomic E-state index is 0.683. The molecule has 0 aromatic carbocycles. The van der Waals surface area contributed by atoms with Crippen LogP contribution >= 0.6 is 11.8 Å². The lowest BCUT2D eigenvalue weighted by Crippen LogP contribution is -1.82. The zero-order chi connectivity index (χ0) is 7.28. The summed E-state index contributed by atoms with van der Waals surface area (Å²) < 4.78 is 0. The van der Waals surface area contributed by atoms with Gasteiger partial charge in [-0.1, -0.05) is 6.58 Å². The van der Waals surface area contributed by atoms with E-state index in [1.807, 2.05) is 13.2 Å². The van der Waals surface area contributed by atoms with Crippen LogP contribution in [0.1, 0.15) is 6.92 Å². The quantitative estimate of drug-likeness (QED) is 0.340. The molecule has 0 aliphatic heterocycles. The van der Waals surface area contributed by atoms with Crippen molar-refractivity contribution in [3.63, 3.8) is 0 Å². The molecule has 0 aromatic rings. The molecule has 0 fully saturated rings. The maximum atomic E-state index is 10.2. The summed E-state index contributed by atoms with van der Waals surface area (Å²) in [6.45, 7) is 5.45. The molecule has 0 N–H and O–H groups in total. The lowest BCUT2D eigenvalue weighted by atomic mass is 10.2. The van der Waals surface area contributed by atoms with Crippen LogP contribution in [0.2, 0.25) is 0 Å². The molecule has 0 bridgehead atoms. The summed E-state index contributed by atoms with van der Waals surface area (Å²) in [6, 6.07) is 0. The molecule has 9 heavy (non-hydrogen) atoms. The molecule has 0 aromatic heterocycles. The van der Waals surface area contributed by atoms with Gasteiger partial charge in [0, 0.05) is 5.57 Å². The van der Waals surface area contributed by atoms with E-state index in [-0.39, 0.29) is 0 Å². The highest BCUT2D eigenvalue weighted by molar-refractivity contribution is 8.01. The fourth-order valence-corrected chi connectivity index (χ4v) is 0.867. The Bertz CT molecular complexity index is 147. The van der Waals surface area contributed by atoms with Crippen molar-refractivity contribution in [3.05, 3.63) is 23.1 Å². The Morgan fingerprint density at radius 2 is 2.22 bits per heavy atom. The molecule has 0 radical (unpaired) electrons. The number of aldehydes is 1. The van der Waals surface area contributed by atoms with Gasteiger partial charge < -0.3 is 0 Å². The second-order valence-corrected chi connectivity index (χ2v) is 2.41. The Hall–Kier alpha value is -0.500. The van der Waals surface area contributed by atoms with Crippen LogP contribution in [-0.2, 0) is 4.79 Å². The van der Waals surface area contributed by atoms with E-state index in [1.165, 1.54) is 11.8 Å². The minimum Gasteiger partial charge on any atom is -0.298 e. The molecule has 0 heterocycles. The van der Waals surface area contributed by atoms with E-state index >= 15 is 0 Å². The molecule has 50 valence electrons. The first-order valence-corrected chi connectivity index (χ1v) is 3.85. The van der Waals surface area contributed by atoms with Crippen molar-refractivity contribution in [3.8, 4) is 0 Å². The maximum Gasteiger partial charge on any atom is 0.150 e. The molecule has 0 aliphatic rings. The second-order valence-electron chi connectivity index (χ2n) is 1.71. The van der Waals surface area contributed by atoms with Gasteiger partial charge in [0.25, 0.3) is 0 Å². The van der Waals surface area contributed by atoms with Crippen molar-refractivity contribution in [1.29, 1.82) is 0 Å². The molecule has 2 heteroatoms. The van der Waals surface area contributed by atoms with Gasteiger partial charge in [0.15, 0.2) is 6.29 Å². The largest absolute Gasteiger partial charge is 0.298 e. The molecule has 0 aliphatic carbocycles. The van der Waals surface area contributed by atoms with E-state index in [9.17, 15) is 4.79 Å². The lowest BCUT2D eigenvalue weighted by molar-refractivity contribution is -0.104. The van der Waals surface area contributed by atoms with E-state index in [1.54, 1.807) is 5.41 Å². The van der Waals surface area contributed by atoms with Gasteiger partial charge in [0.2, 0.25) is 0 Å². The SMILES string of the molecule is C=C(C)/C(C=O)=C\SC. The fraction of sp³-hybridized carbons (Fsp3) is 0.286. The molecule has 0 amide bonds. The van der Waals surface area contributed by atoms with Gasteiger partial charge >= 0.3 is 0 Å². The molecule has 0 rings (SSSR count). The molecular weight excluding hydrogens is 132 g/mol. The number of allylic oxidation sites excluding steroid dienone is 2. The van der Waals surface area contributed by atoms with Gasteiger partial charge in [-0.25, -0.2) is 0 Å². The highest BCUT2D eigenvalue weighted by Crippen LogP contribution is 2.07. The van der Waals surface area contributed by atoms with Crippen LogP contribution in [0.25, 0.3) is 0 Å². The zero-order valence-electron chi connectivity index (χ0n) is 5.68. The summed E-state index contributed by atoms with van der Waals surface area (Å²) in [4.78, 5) is 10.2. The number of carbonyl (C=O) groups excluding carboxylic acids is 1. The van der Waals surface area contributed by atoms with Crippen LogP contribution < -0.4 is 0 Å². The van der Waals surface area contributed by atoms with Crippen LogP contribution in [-0.4, -0.2) is 12.5 Å². The van der Waals surface area contributed by atoms with E-state index in [0.29, 0.717) is 5.57 Å². The fourth-order valence-electron chi connectivity index (χ4n) is 0.356. The Balaban J connectivity index is 4.14. The smallest absolute Gasteiger partial charge is 0.150 e. The first kappa shape index (κ1) is 8.50. The topological polar surface area (TPSA) is 17.1 Å². The zero-order valence-corrected chi connectivity index (χ0v) is 6.49. The van der Waals surface area contributed by atoms with Crippen LogP contribution in [0.5, 0.6) is 0 Å². The van der Waals surface area contributed by atoms with Gasteiger partial charge in [-0.05, 0) is 24.2 Å². The van der Waals surface area contributed by atoms with Gasteiger partial charge in [0.05, 0.1) is 0 Å². The van der Waals surface area contributed by atoms with E-state index < -0.39 is 0 Å². The molecule has 0 spiro atoms. The first-order chi connectivity index (χ1) is 4.22. The molecule has 0 unspecified atom stereocenters. The van der Waals surface area contributed by atoms with Gasteiger partial charge in [-0.15, -0.1) is 11.8 Å². The molecule has 0 atom stereocenters. The molecule has 0 saturated heterocycles. The summed E-state index contributed by atoms with van der Waals surface area (Å²) in [7, 11) is 0. The second kappa shape index (κ2) is 4.39. The summed E-state index contributed by atoms with van der Waals surface area (Å²) >= 11 is 1.51. The molecule has 0 saturated carbocycles. The van der Waals surface area contributed by atoms with Crippen molar-refractivity contribution in [2.75, 3.05) is 6.26 Å². The Morgan fingerprint density at radius 3 is 2.33 bits per heavy atom.